The first kappa shape index (κ1) is 20.5. The molecule has 5 heteroatoms. The molecule has 1 amide bonds. The Morgan fingerprint density at radius 1 is 1.11 bits per heavy atom. The van der Waals surface area contributed by atoms with Gasteiger partial charge in [-0.3, -0.25) is 4.79 Å². The van der Waals surface area contributed by atoms with E-state index in [4.69, 9.17) is 4.74 Å². The quantitative estimate of drug-likeness (QED) is 0.650. The van der Waals surface area contributed by atoms with Gasteiger partial charge in [-0.05, 0) is 68.8 Å². The first-order valence-corrected chi connectivity index (χ1v) is 11.8. The van der Waals surface area contributed by atoms with E-state index in [1.54, 1.807) is 0 Å². The largest absolute Gasteiger partial charge is 0.494 e. The highest BCUT2D eigenvalue weighted by atomic mass is 32.2. The van der Waals surface area contributed by atoms with Crippen LogP contribution in [-0.2, 0) is 0 Å². The number of amides is 1. The zero-order valence-corrected chi connectivity index (χ0v) is 17.5. The van der Waals surface area contributed by atoms with E-state index >= 15 is 0 Å². The van der Waals surface area contributed by atoms with Crippen LogP contribution in [0.3, 0.4) is 0 Å². The molecule has 1 atom stereocenters. The topological polar surface area (TPSA) is 32.8 Å². The van der Waals surface area contributed by atoms with E-state index in [1.807, 2.05) is 36.0 Å². The van der Waals surface area contributed by atoms with E-state index in [9.17, 15) is 4.79 Å². The lowest BCUT2D eigenvalue weighted by Gasteiger charge is -2.35. The van der Waals surface area contributed by atoms with Crippen molar-refractivity contribution in [3.05, 3.63) is 29.8 Å². The van der Waals surface area contributed by atoms with Crippen LogP contribution < -0.4 is 4.74 Å². The van der Waals surface area contributed by atoms with Gasteiger partial charge in [0.15, 0.2) is 0 Å². The highest BCUT2D eigenvalue weighted by molar-refractivity contribution is 7.99. The summed E-state index contributed by atoms with van der Waals surface area (Å²) in [6.07, 6.45) is 7.23. The maximum Gasteiger partial charge on any atom is 0.254 e. The van der Waals surface area contributed by atoms with Crippen LogP contribution in [0.1, 0.15) is 55.8 Å². The van der Waals surface area contributed by atoms with Crippen LogP contribution in [0, 0.1) is 0 Å². The molecule has 2 heterocycles. The third kappa shape index (κ3) is 6.15. The average molecular weight is 391 g/mol. The zero-order chi connectivity index (χ0) is 18.9. The molecule has 1 aromatic rings. The Bertz CT molecular complexity index is 572. The van der Waals surface area contributed by atoms with Gasteiger partial charge in [-0.15, -0.1) is 0 Å². The summed E-state index contributed by atoms with van der Waals surface area (Å²) in [5.74, 6) is 3.25. The molecule has 2 aliphatic heterocycles. The van der Waals surface area contributed by atoms with E-state index in [1.165, 1.54) is 32.4 Å². The Balaban J connectivity index is 1.63. The van der Waals surface area contributed by atoms with E-state index < -0.39 is 0 Å². The minimum absolute atomic E-state index is 0.180. The summed E-state index contributed by atoms with van der Waals surface area (Å²) in [7, 11) is 0. The van der Waals surface area contributed by atoms with Gasteiger partial charge in [-0.2, -0.15) is 11.8 Å². The van der Waals surface area contributed by atoms with Crippen LogP contribution >= 0.6 is 11.8 Å². The predicted molar refractivity (Wildman–Crippen MR) is 114 cm³/mol. The van der Waals surface area contributed by atoms with Crippen LogP contribution in [0.25, 0.3) is 0 Å². The molecule has 0 aliphatic carbocycles. The van der Waals surface area contributed by atoms with Crippen LogP contribution in [0.15, 0.2) is 24.3 Å². The molecular formula is C22H34N2O2S. The summed E-state index contributed by atoms with van der Waals surface area (Å²) in [6, 6.07) is 8.06. The van der Waals surface area contributed by atoms with Crippen molar-refractivity contribution in [1.82, 2.24) is 9.80 Å². The molecule has 1 aromatic carbocycles. The number of hydrogen-bond acceptors (Lipinski definition) is 4. The number of likely N-dealkylation sites (tertiary alicyclic amines) is 1. The maximum absolute atomic E-state index is 13.2. The second kappa shape index (κ2) is 11.0. The molecule has 0 radical (unpaired) electrons. The van der Waals surface area contributed by atoms with Crippen LogP contribution in [0.2, 0.25) is 0 Å². The van der Waals surface area contributed by atoms with Gasteiger partial charge in [0.25, 0.3) is 5.91 Å². The van der Waals surface area contributed by atoms with Gasteiger partial charge >= 0.3 is 0 Å². The van der Waals surface area contributed by atoms with E-state index in [0.717, 1.165) is 61.8 Å². The monoisotopic (exact) mass is 390 g/mol. The van der Waals surface area contributed by atoms with Gasteiger partial charge in [0, 0.05) is 24.4 Å². The molecule has 0 spiro atoms. The average Bonchev–Trinajstić information content (AvgIpc) is 2.94. The van der Waals surface area contributed by atoms with Crippen molar-refractivity contribution in [2.24, 2.45) is 0 Å². The fourth-order valence-electron chi connectivity index (χ4n) is 3.88. The number of nitrogens with zero attached hydrogens (tertiary/aromatic N) is 2. The smallest absolute Gasteiger partial charge is 0.254 e. The fourth-order valence-corrected chi connectivity index (χ4v) is 4.94. The summed E-state index contributed by atoms with van der Waals surface area (Å²) in [6.45, 7) is 7.17. The first-order chi connectivity index (χ1) is 13.3. The zero-order valence-electron chi connectivity index (χ0n) is 16.7. The molecule has 27 heavy (non-hydrogen) atoms. The number of hydrogen-bond donors (Lipinski definition) is 0. The van der Waals surface area contributed by atoms with Gasteiger partial charge in [0.2, 0.25) is 0 Å². The first-order valence-electron chi connectivity index (χ1n) is 10.6. The Morgan fingerprint density at radius 2 is 1.89 bits per heavy atom. The Labute approximate surface area is 168 Å². The minimum atomic E-state index is 0.180. The van der Waals surface area contributed by atoms with E-state index in [-0.39, 0.29) is 5.91 Å². The van der Waals surface area contributed by atoms with Crippen molar-refractivity contribution in [2.45, 2.75) is 51.5 Å². The molecule has 4 nitrogen and oxygen atoms in total. The second-order valence-corrected chi connectivity index (χ2v) is 8.82. The fraction of sp³-hybridized carbons (Fsp3) is 0.682. The number of carbonyl (C=O) groups excluding carboxylic acids is 1. The molecule has 2 saturated heterocycles. The van der Waals surface area contributed by atoms with Crippen molar-refractivity contribution in [3.8, 4) is 5.75 Å². The van der Waals surface area contributed by atoms with Crippen molar-refractivity contribution in [2.75, 3.05) is 44.3 Å². The number of carbonyl (C=O) groups is 1. The maximum atomic E-state index is 13.2. The molecule has 3 rings (SSSR count). The predicted octanol–water partition coefficient (Wildman–Crippen LogP) is 4.30. The van der Waals surface area contributed by atoms with Crippen molar-refractivity contribution < 1.29 is 9.53 Å². The third-order valence-corrected chi connectivity index (χ3v) is 6.68. The lowest BCUT2D eigenvalue weighted by molar-refractivity contribution is 0.0645. The highest BCUT2D eigenvalue weighted by Crippen LogP contribution is 2.22. The third-order valence-electron chi connectivity index (χ3n) is 5.49. The second-order valence-electron chi connectivity index (χ2n) is 7.67. The normalized spacial score (nSPS) is 21.7. The lowest BCUT2D eigenvalue weighted by Crippen LogP contribution is -2.49. The number of benzene rings is 1. The Kier molecular flexibility index (Phi) is 8.34. The molecule has 0 aromatic heterocycles. The summed E-state index contributed by atoms with van der Waals surface area (Å²) in [5.41, 5.74) is 0.786. The summed E-state index contributed by atoms with van der Waals surface area (Å²) >= 11 is 2.00. The standard InChI is InChI=1S/C22H34N2O2S/c1-2-3-15-26-21-10-8-19(9-11-21)22(25)24-14-7-16-27-18-20(24)17-23-12-5-4-6-13-23/h8-11,20H,2-7,12-18H2,1H3. The van der Waals surface area contributed by atoms with Gasteiger partial charge < -0.3 is 14.5 Å². The van der Waals surface area contributed by atoms with Crippen LogP contribution in [0.5, 0.6) is 5.75 Å². The SMILES string of the molecule is CCCCOc1ccc(C(=O)N2CCCSCC2CN2CCCCC2)cc1. The number of unbranched alkanes of at least 4 members (excludes halogenated alkanes) is 1. The van der Waals surface area contributed by atoms with Crippen molar-refractivity contribution >= 4 is 17.7 Å². The van der Waals surface area contributed by atoms with Gasteiger partial charge in [0.05, 0.1) is 12.6 Å². The van der Waals surface area contributed by atoms with Crippen molar-refractivity contribution in [1.29, 1.82) is 0 Å². The molecule has 150 valence electrons. The number of rotatable bonds is 7. The molecule has 2 aliphatic rings. The number of thioether (sulfide) groups is 1. The van der Waals surface area contributed by atoms with Gasteiger partial charge in [-0.1, -0.05) is 19.8 Å². The van der Waals surface area contributed by atoms with E-state index in [2.05, 4.69) is 16.7 Å². The molecule has 2 fully saturated rings. The molecule has 0 bridgehead atoms. The Hall–Kier alpha value is -1.20. The van der Waals surface area contributed by atoms with Crippen molar-refractivity contribution in [3.63, 3.8) is 0 Å². The molecule has 0 saturated carbocycles. The summed E-state index contributed by atoms with van der Waals surface area (Å²) in [4.78, 5) is 17.9. The number of ether oxygens (including phenoxy) is 1. The minimum Gasteiger partial charge on any atom is -0.494 e. The van der Waals surface area contributed by atoms with Crippen LogP contribution in [-0.4, -0.2) is 66.0 Å². The van der Waals surface area contributed by atoms with Gasteiger partial charge in [0.1, 0.15) is 5.75 Å². The molecule has 1 unspecified atom stereocenters. The van der Waals surface area contributed by atoms with Crippen LogP contribution in [0.4, 0.5) is 0 Å². The Morgan fingerprint density at radius 3 is 2.63 bits per heavy atom. The summed E-state index contributed by atoms with van der Waals surface area (Å²) < 4.78 is 5.73. The summed E-state index contributed by atoms with van der Waals surface area (Å²) in [5, 5.41) is 0. The van der Waals surface area contributed by atoms with E-state index in [0.29, 0.717) is 6.04 Å². The molecule has 0 N–H and O–H groups in total. The van der Waals surface area contributed by atoms with Gasteiger partial charge in [-0.25, -0.2) is 0 Å². The molecular weight excluding hydrogens is 356 g/mol. The number of piperidine rings is 1. The lowest BCUT2D eigenvalue weighted by atomic mass is 10.1. The highest BCUT2D eigenvalue weighted by Gasteiger charge is 2.28.